The largest absolute Gasteiger partial charge is 0.492 e. The third-order valence-corrected chi connectivity index (χ3v) is 1.84. The minimum atomic E-state index is -2.62. The number of aromatic nitrogens is 1. The van der Waals surface area contributed by atoms with E-state index in [0.717, 1.165) is 6.20 Å². The molecule has 1 aromatic heterocycles. The average Bonchev–Trinajstić information content (AvgIpc) is 2.16. The van der Waals surface area contributed by atoms with Crippen LogP contribution in [0.15, 0.2) is 6.20 Å². The van der Waals surface area contributed by atoms with Crippen LogP contribution in [0.3, 0.4) is 0 Å². The van der Waals surface area contributed by atoms with Gasteiger partial charge in [-0.1, -0.05) is 0 Å². The molecular weight excluding hydrogens is 192 g/mol. The van der Waals surface area contributed by atoms with Gasteiger partial charge in [0, 0.05) is 6.20 Å². The maximum atomic E-state index is 12.5. The Morgan fingerprint density at radius 3 is 2.21 bits per heavy atom. The first-order chi connectivity index (χ1) is 6.61. The summed E-state index contributed by atoms with van der Waals surface area (Å²) in [6.45, 7) is 1.66. The van der Waals surface area contributed by atoms with Crippen LogP contribution in [-0.4, -0.2) is 19.2 Å². The molecule has 0 amide bonds. The average molecular weight is 203 g/mol. The molecule has 0 unspecified atom stereocenters. The molecule has 0 N–H and O–H groups in total. The predicted molar refractivity (Wildman–Crippen MR) is 47.0 cm³/mol. The summed E-state index contributed by atoms with van der Waals surface area (Å²) >= 11 is 0. The van der Waals surface area contributed by atoms with Crippen molar-refractivity contribution in [2.45, 2.75) is 13.3 Å². The summed E-state index contributed by atoms with van der Waals surface area (Å²) < 4.78 is 34.8. The molecule has 0 atom stereocenters. The van der Waals surface area contributed by atoms with E-state index >= 15 is 0 Å². The number of hydrogen-bond donors (Lipinski definition) is 0. The van der Waals surface area contributed by atoms with E-state index in [1.54, 1.807) is 6.92 Å². The number of pyridine rings is 1. The fourth-order valence-corrected chi connectivity index (χ4v) is 1.19. The van der Waals surface area contributed by atoms with Gasteiger partial charge in [-0.05, 0) is 6.92 Å². The molecule has 0 aliphatic rings. The molecule has 0 bridgehead atoms. The SMILES string of the molecule is COc1c(C(F)F)cnc(C)c1OC. The van der Waals surface area contributed by atoms with Gasteiger partial charge in [-0.2, -0.15) is 0 Å². The second-order valence-corrected chi connectivity index (χ2v) is 2.67. The van der Waals surface area contributed by atoms with Crippen LogP contribution in [0.25, 0.3) is 0 Å². The van der Waals surface area contributed by atoms with Crippen LogP contribution >= 0.6 is 0 Å². The number of nitrogens with zero attached hydrogens (tertiary/aromatic N) is 1. The Hall–Kier alpha value is -1.39. The Labute approximate surface area is 80.7 Å². The Balaban J connectivity index is 3.33. The zero-order valence-corrected chi connectivity index (χ0v) is 8.17. The van der Waals surface area contributed by atoms with Crippen molar-refractivity contribution >= 4 is 0 Å². The Kier molecular flexibility index (Phi) is 3.22. The number of aryl methyl sites for hydroxylation is 1. The van der Waals surface area contributed by atoms with Gasteiger partial charge in [-0.3, -0.25) is 4.98 Å². The van der Waals surface area contributed by atoms with Crippen LogP contribution in [0.2, 0.25) is 0 Å². The normalized spacial score (nSPS) is 10.4. The van der Waals surface area contributed by atoms with E-state index in [9.17, 15) is 8.78 Å². The highest BCUT2D eigenvalue weighted by molar-refractivity contribution is 5.48. The van der Waals surface area contributed by atoms with Gasteiger partial charge in [0.1, 0.15) is 0 Å². The van der Waals surface area contributed by atoms with Crippen molar-refractivity contribution in [3.05, 3.63) is 17.5 Å². The zero-order chi connectivity index (χ0) is 10.7. The third kappa shape index (κ3) is 1.76. The third-order valence-electron chi connectivity index (χ3n) is 1.84. The second kappa shape index (κ2) is 4.21. The van der Waals surface area contributed by atoms with Gasteiger partial charge in [0.2, 0.25) is 0 Å². The summed E-state index contributed by atoms with van der Waals surface area (Å²) in [5.74, 6) is 0.306. The number of ether oxygens (including phenoxy) is 2. The highest BCUT2D eigenvalue weighted by atomic mass is 19.3. The number of halogens is 2. The van der Waals surface area contributed by atoms with Gasteiger partial charge in [-0.25, -0.2) is 8.78 Å². The van der Waals surface area contributed by atoms with Crippen LogP contribution in [0, 0.1) is 6.92 Å². The van der Waals surface area contributed by atoms with E-state index in [-0.39, 0.29) is 17.1 Å². The van der Waals surface area contributed by atoms with E-state index in [4.69, 9.17) is 9.47 Å². The van der Waals surface area contributed by atoms with Crippen molar-refractivity contribution in [3.8, 4) is 11.5 Å². The lowest BCUT2D eigenvalue weighted by Crippen LogP contribution is -2.00. The lowest BCUT2D eigenvalue weighted by molar-refractivity contribution is 0.145. The predicted octanol–water partition coefficient (Wildman–Crippen LogP) is 2.34. The van der Waals surface area contributed by atoms with Gasteiger partial charge in [-0.15, -0.1) is 0 Å². The van der Waals surface area contributed by atoms with Crippen LogP contribution in [0.5, 0.6) is 11.5 Å². The standard InChI is InChI=1S/C9H11F2NO2/c1-5-7(13-2)8(14-3)6(4-12-5)9(10)11/h4,9H,1-3H3. The van der Waals surface area contributed by atoms with E-state index in [1.807, 2.05) is 0 Å². The summed E-state index contributed by atoms with van der Waals surface area (Å²) in [5.41, 5.74) is 0.267. The summed E-state index contributed by atoms with van der Waals surface area (Å²) in [7, 11) is 2.71. The van der Waals surface area contributed by atoms with Crippen LogP contribution in [0.1, 0.15) is 17.7 Å². The molecule has 0 fully saturated rings. The molecule has 0 saturated heterocycles. The van der Waals surface area contributed by atoms with E-state index in [2.05, 4.69) is 4.98 Å². The zero-order valence-electron chi connectivity index (χ0n) is 8.17. The summed E-state index contributed by atoms with van der Waals surface area (Å²) in [5, 5.41) is 0. The van der Waals surface area contributed by atoms with E-state index < -0.39 is 6.43 Å². The molecule has 0 saturated carbocycles. The molecule has 0 aliphatic heterocycles. The smallest absolute Gasteiger partial charge is 0.269 e. The van der Waals surface area contributed by atoms with Crippen molar-refractivity contribution < 1.29 is 18.3 Å². The molecule has 3 nitrogen and oxygen atoms in total. The van der Waals surface area contributed by atoms with Gasteiger partial charge < -0.3 is 9.47 Å². The summed E-state index contributed by atoms with van der Waals surface area (Å²) in [4.78, 5) is 3.79. The minimum absolute atomic E-state index is 0.0509. The van der Waals surface area contributed by atoms with Gasteiger partial charge >= 0.3 is 0 Å². The fourth-order valence-electron chi connectivity index (χ4n) is 1.19. The molecule has 0 aromatic carbocycles. The molecular formula is C9H11F2NO2. The Morgan fingerprint density at radius 1 is 1.21 bits per heavy atom. The van der Waals surface area contributed by atoms with Crippen molar-refractivity contribution in [1.82, 2.24) is 4.98 Å². The second-order valence-electron chi connectivity index (χ2n) is 2.67. The molecule has 1 aromatic rings. The quantitative estimate of drug-likeness (QED) is 0.755. The maximum Gasteiger partial charge on any atom is 0.269 e. The van der Waals surface area contributed by atoms with E-state index in [0.29, 0.717) is 5.69 Å². The van der Waals surface area contributed by atoms with Gasteiger partial charge in [0.15, 0.2) is 11.5 Å². The maximum absolute atomic E-state index is 12.5. The summed E-state index contributed by atoms with van der Waals surface area (Å²) in [6.07, 6.45) is -1.52. The van der Waals surface area contributed by atoms with Crippen LogP contribution in [-0.2, 0) is 0 Å². The molecule has 1 heterocycles. The fraction of sp³-hybridized carbons (Fsp3) is 0.444. The molecule has 1 rings (SSSR count). The number of rotatable bonds is 3. The van der Waals surface area contributed by atoms with E-state index in [1.165, 1.54) is 14.2 Å². The van der Waals surface area contributed by atoms with Crippen molar-refractivity contribution in [1.29, 1.82) is 0 Å². The lowest BCUT2D eigenvalue weighted by atomic mass is 10.2. The minimum Gasteiger partial charge on any atom is -0.492 e. The molecule has 0 aliphatic carbocycles. The first-order valence-corrected chi connectivity index (χ1v) is 3.97. The summed E-state index contributed by atoms with van der Waals surface area (Å²) in [6, 6.07) is 0. The van der Waals surface area contributed by atoms with Gasteiger partial charge in [0.05, 0.1) is 25.5 Å². The van der Waals surface area contributed by atoms with Crippen molar-refractivity contribution in [2.75, 3.05) is 14.2 Å². The van der Waals surface area contributed by atoms with Crippen LogP contribution in [0.4, 0.5) is 8.78 Å². The molecule has 5 heteroatoms. The number of alkyl halides is 2. The number of methoxy groups -OCH3 is 2. The lowest BCUT2D eigenvalue weighted by Gasteiger charge is -2.13. The molecule has 0 radical (unpaired) electrons. The first kappa shape index (κ1) is 10.7. The van der Waals surface area contributed by atoms with Crippen molar-refractivity contribution in [3.63, 3.8) is 0 Å². The Morgan fingerprint density at radius 2 is 1.79 bits per heavy atom. The van der Waals surface area contributed by atoms with Crippen LogP contribution < -0.4 is 9.47 Å². The van der Waals surface area contributed by atoms with Gasteiger partial charge in [0.25, 0.3) is 6.43 Å². The molecule has 0 spiro atoms. The molecule has 78 valence electrons. The molecule has 14 heavy (non-hydrogen) atoms. The monoisotopic (exact) mass is 203 g/mol. The number of hydrogen-bond acceptors (Lipinski definition) is 3. The first-order valence-electron chi connectivity index (χ1n) is 3.97. The topological polar surface area (TPSA) is 31.4 Å². The highest BCUT2D eigenvalue weighted by Crippen LogP contribution is 2.37. The Bertz CT molecular complexity index is 329. The highest BCUT2D eigenvalue weighted by Gasteiger charge is 2.20. The van der Waals surface area contributed by atoms with Crippen molar-refractivity contribution in [2.24, 2.45) is 0 Å².